The second-order valence-corrected chi connectivity index (χ2v) is 3.17. The van der Waals surface area contributed by atoms with Crippen molar-refractivity contribution in [1.29, 1.82) is 0 Å². The van der Waals surface area contributed by atoms with E-state index >= 15 is 0 Å². The number of carbonyl (C=O) groups is 2. The number of carbonyl (C=O) groups excluding carboxylic acids is 1. The summed E-state index contributed by atoms with van der Waals surface area (Å²) in [6.45, 7) is 0.730. The molecule has 0 spiro atoms. The van der Waals surface area contributed by atoms with Crippen LogP contribution < -0.4 is 0 Å². The van der Waals surface area contributed by atoms with Gasteiger partial charge < -0.3 is 10.0 Å². The van der Waals surface area contributed by atoms with Gasteiger partial charge in [0, 0.05) is 25.2 Å². The van der Waals surface area contributed by atoms with Crippen molar-refractivity contribution in [1.82, 2.24) is 4.90 Å². The van der Waals surface area contributed by atoms with Crippen LogP contribution in [-0.2, 0) is 9.59 Å². The zero-order valence-corrected chi connectivity index (χ0v) is 7.65. The number of nitrogens with zero attached hydrogens (tertiary/aromatic N) is 1. The third-order valence-electron chi connectivity index (χ3n) is 2.10. The summed E-state index contributed by atoms with van der Waals surface area (Å²) >= 11 is 0. The van der Waals surface area contributed by atoms with E-state index in [1.165, 1.54) is 4.90 Å². The molecule has 1 rings (SSSR count). The maximum absolute atomic E-state index is 12.7. The Balaban J connectivity index is 2.42. The largest absolute Gasteiger partial charge is 0.478 e. The van der Waals surface area contributed by atoms with Crippen molar-refractivity contribution in [2.45, 2.75) is 19.0 Å². The number of rotatable bonds is 2. The van der Waals surface area contributed by atoms with Gasteiger partial charge in [-0.2, -0.15) is 0 Å². The maximum atomic E-state index is 12.7. The zero-order chi connectivity index (χ0) is 10.6. The molecule has 0 radical (unpaired) electrons. The summed E-state index contributed by atoms with van der Waals surface area (Å²) in [6, 6.07) is 0. The molecule has 1 N–H and O–H groups in total. The van der Waals surface area contributed by atoms with Crippen molar-refractivity contribution in [3.8, 4) is 0 Å². The molecular weight excluding hydrogens is 189 g/mol. The van der Waals surface area contributed by atoms with Crippen molar-refractivity contribution in [2.24, 2.45) is 0 Å². The normalized spacial score (nSPS) is 18.8. The van der Waals surface area contributed by atoms with Gasteiger partial charge in [0.1, 0.15) is 6.17 Å². The molecule has 1 amide bonds. The first-order valence-electron chi connectivity index (χ1n) is 4.43. The number of halogens is 1. The van der Waals surface area contributed by atoms with Gasteiger partial charge in [-0.3, -0.25) is 4.79 Å². The molecule has 1 aliphatic rings. The number of hydrogen-bond acceptors (Lipinski definition) is 2. The van der Waals surface area contributed by atoms with Gasteiger partial charge in [0.15, 0.2) is 0 Å². The third kappa shape index (κ3) is 3.16. The molecule has 1 saturated heterocycles. The minimum atomic E-state index is -1.15. The first kappa shape index (κ1) is 10.7. The first-order valence-corrected chi connectivity index (χ1v) is 4.43. The summed E-state index contributed by atoms with van der Waals surface area (Å²) in [5.41, 5.74) is 0. The fourth-order valence-electron chi connectivity index (χ4n) is 1.32. The Morgan fingerprint density at radius 3 is 2.36 bits per heavy atom. The summed E-state index contributed by atoms with van der Waals surface area (Å²) in [6.07, 6.45) is 1.65. The number of carboxylic acids is 1. The van der Waals surface area contributed by atoms with Gasteiger partial charge in [0.25, 0.3) is 0 Å². The molecule has 4 nitrogen and oxygen atoms in total. The van der Waals surface area contributed by atoms with Crippen molar-refractivity contribution >= 4 is 11.9 Å². The van der Waals surface area contributed by atoms with E-state index in [-0.39, 0.29) is 5.91 Å². The molecule has 0 aromatic carbocycles. The lowest BCUT2D eigenvalue weighted by Gasteiger charge is -2.27. The quantitative estimate of drug-likeness (QED) is 0.665. The van der Waals surface area contributed by atoms with Crippen LogP contribution in [0.2, 0.25) is 0 Å². The van der Waals surface area contributed by atoms with E-state index in [1.807, 2.05) is 0 Å². The Morgan fingerprint density at radius 1 is 1.29 bits per heavy atom. The Morgan fingerprint density at radius 2 is 1.86 bits per heavy atom. The fourth-order valence-corrected chi connectivity index (χ4v) is 1.32. The van der Waals surface area contributed by atoms with Crippen LogP contribution in [0.4, 0.5) is 4.39 Å². The Labute approximate surface area is 81.0 Å². The van der Waals surface area contributed by atoms with E-state index in [0.717, 1.165) is 12.2 Å². The van der Waals surface area contributed by atoms with Gasteiger partial charge in [-0.1, -0.05) is 0 Å². The highest BCUT2D eigenvalue weighted by molar-refractivity contribution is 5.93. The van der Waals surface area contributed by atoms with Crippen LogP contribution in [0.1, 0.15) is 12.8 Å². The van der Waals surface area contributed by atoms with Crippen LogP contribution in [0.25, 0.3) is 0 Å². The van der Waals surface area contributed by atoms with Crippen molar-refractivity contribution in [3.05, 3.63) is 12.2 Å². The van der Waals surface area contributed by atoms with Crippen LogP contribution in [0, 0.1) is 0 Å². The van der Waals surface area contributed by atoms with Crippen LogP contribution in [0.3, 0.4) is 0 Å². The number of amides is 1. The van der Waals surface area contributed by atoms with E-state index in [1.54, 1.807) is 0 Å². The topological polar surface area (TPSA) is 57.6 Å². The zero-order valence-electron chi connectivity index (χ0n) is 7.65. The van der Waals surface area contributed by atoms with Crippen molar-refractivity contribution < 1.29 is 19.1 Å². The van der Waals surface area contributed by atoms with Crippen LogP contribution >= 0.6 is 0 Å². The predicted octanol–water partition coefficient (Wildman–Crippen LogP) is 0.588. The Bertz CT molecular complexity index is 257. The SMILES string of the molecule is O=C(O)/C=C/C(=O)N1CCC(F)CC1. The highest BCUT2D eigenvalue weighted by Gasteiger charge is 2.20. The molecule has 0 saturated carbocycles. The molecule has 78 valence electrons. The summed E-state index contributed by atoms with van der Waals surface area (Å²) in [4.78, 5) is 22.8. The molecule has 0 aromatic heterocycles. The first-order chi connectivity index (χ1) is 6.59. The minimum absolute atomic E-state index is 0.340. The molecule has 0 aromatic rings. The molecule has 5 heteroatoms. The van der Waals surface area contributed by atoms with E-state index in [4.69, 9.17) is 5.11 Å². The Kier molecular flexibility index (Phi) is 3.62. The summed E-state index contributed by atoms with van der Waals surface area (Å²) in [5, 5.41) is 8.29. The monoisotopic (exact) mass is 201 g/mol. The molecule has 0 atom stereocenters. The summed E-state index contributed by atoms with van der Waals surface area (Å²) in [5.74, 6) is -1.52. The van der Waals surface area contributed by atoms with E-state index in [2.05, 4.69) is 0 Å². The van der Waals surface area contributed by atoms with Gasteiger partial charge >= 0.3 is 5.97 Å². The highest BCUT2D eigenvalue weighted by atomic mass is 19.1. The number of carboxylic acid groups (broad SMARTS) is 1. The molecule has 1 fully saturated rings. The number of likely N-dealkylation sites (tertiary alicyclic amines) is 1. The number of alkyl halides is 1. The smallest absolute Gasteiger partial charge is 0.328 e. The number of hydrogen-bond donors (Lipinski definition) is 1. The van der Waals surface area contributed by atoms with Crippen molar-refractivity contribution in [3.63, 3.8) is 0 Å². The van der Waals surface area contributed by atoms with Crippen molar-refractivity contribution in [2.75, 3.05) is 13.1 Å². The lowest BCUT2D eigenvalue weighted by molar-refractivity contribution is -0.132. The second kappa shape index (κ2) is 4.74. The van der Waals surface area contributed by atoms with Gasteiger partial charge in [-0.15, -0.1) is 0 Å². The molecule has 14 heavy (non-hydrogen) atoms. The molecule has 1 aliphatic heterocycles. The molecular formula is C9H12FNO3. The van der Waals surface area contributed by atoms with E-state index in [0.29, 0.717) is 25.9 Å². The van der Waals surface area contributed by atoms with Gasteiger partial charge in [-0.05, 0) is 12.8 Å². The fraction of sp³-hybridized carbons (Fsp3) is 0.556. The maximum Gasteiger partial charge on any atom is 0.328 e. The minimum Gasteiger partial charge on any atom is -0.478 e. The van der Waals surface area contributed by atoms with Gasteiger partial charge in [-0.25, -0.2) is 9.18 Å². The Hall–Kier alpha value is -1.39. The lowest BCUT2D eigenvalue weighted by Crippen LogP contribution is -2.38. The lowest BCUT2D eigenvalue weighted by atomic mass is 10.1. The number of aliphatic carboxylic acids is 1. The van der Waals surface area contributed by atoms with Gasteiger partial charge in [0.05, 0.1) is 0 Å². The summed E-state index contributed by atoms with van der Waals surface area (Å²) in [7, 11) is 0. The number of piperidine rings is 1. The average molecular weight is 201 g/mol. The van der Waals surface area contributed by atoms with Crippen LogP contribution in [0.15, 0.2) is 12.2 Å². The highest BCUT2D eigenvalue weighted by Crippen LogP contribution is 2.13. The van der Waals surface area contributed by atoms with Gasteiger partial charge in [0.2, 0.25) is 5.91 Å². The van der Waals surface area contributed by atoms with E-state index in [9.17, 15) is 14.0 Å². The third-order valence-corrected chi connectivity index (χ3v) is 2.10. The standard InChI is InChI=1S/C9H12FNO3/c10-7-3-5-11(6-4-7)8(12)1-2-9(13)14/h1-2,7H,3-6H2,(H,13,14)/b2-1+. The van der Waals surface area contributed by atoms with Crippen LogP contribution in [-0.4, -0.2) is 41.1 Å². The van der Waals surface area contributed by atoms with E-state index < -0.39 is 12.1 Å². The summed E-state index contributed by atoms with van der Waals surface area (Å²) < 4.78 is 12.7. The molecule has 1 heterocycles. The average Bonchev–Trinajstić information content (AvgIpc) is 2.15. The van der Waals surface area contributed by atoms with Crippen LogP contribution in [0.5, 0.6) is 0 Å². The predicted molar refractivity (Wildman–Crippen MR) is 47.5 cm³/mol. The second-order valence-electron chi connectivity index (χ2n) is 3.17. The molecule has 0 unspecified atom stereocenters. The molecule has 0 bridgehead atoms. The molecule has 0 aliphatic carbocycles.